The average Bonchev–Trinajstić information content (AvgIpc) is 2.86. The van der Waals surface area contributed by atoms with Crippen LogP contribution in [0.2, 0.25) is 5.02 Å². The summed E-state index contributed by atoms with van der Waals surface area (Å²) in [6.07, 6.45) is 1.65. The number of hydrogen-bond acceptors (Lipinski definition) is 4. The van der Waals surface area contributed by atoms with Crippen LogP contribution in [0.4, 0.5) is 10.6 Å². The van der Waals surface area contributed by atoms with Gasteiger partial charge in [-0.2, -0.15) is 0 Å². The van der Waals surface area contributed by atoms with Crippen LogP contribution < -0.4 is 11.1 Å². The van der Waals surface area contributed by atoms with E-state index in [1.165, 1.54) is 11.1 Å². The quantitative estimate of drug-likeness (QED) is 0.873. The zero-order valence-electron chi connectivity index (χ0n) is 11.6. The third-order valence-electron chi connectivity index (χ3n) is 3.22. The van der Waals surface area contributed by atoms with Crippen LogP contribution in [-0.4, -0.2) is 47.1 Å². The Hall–Kier alpha value is -1.86. The van der Waals surface area contributed by atoms with Gasteiger partial charge in [0, 0.05) is 25.8 Å². The molecule has 1 saturated heterocycles. The van der Waals surface area contributed by atoms with Crippen LogP contribution in [0.5, 0.6) is 0 Å². The van der Waals surface area contributed by atoms with Crippen LogP contribution in [0.3, 0.4) is 0 Å². The van der Waals surface area contributed by atoms with Crippen LogP contribution >= 0.6 is 11.6 Å². The van der Waals surface area contributed by atoms with Crippen molar-refractivity contribution >= 4 is 29.4 Å². The SMILES string of the molecule is CCOC1CC(C(N)=O)N(C(=O)Nc2ccc(Cl)cn2)C1. The van der Waals surface area contributed by atoms with Crippen molar-refractivity contribution in [1.82, 2.24) is 9.88 Å². The fourth-order valence-electron chi connectivity index (χ4n) is 2.28. The molecule has 0 bridgehead atoms. The zero-order valence-corrected chi connectivity index (χ0v) is 12.3. The van der Waals surface area contributed by atoms with Gasteiger partial charge in [-0.1, -0.05) is 11.6 Å². The Bertz CT molecular complexity index is 523. The van der Waals surface area contributed by atoms with Gasteiger partial charge >= 0.3 is 6.03 Å². The number of carbonyl (C=O) groups is 2. The van der Waals surface area contributed by atoms with E-state index in [4.69, 9.17) is 22.1 Å². The number of halogens is 1. The number of nitrogens with one attached hydrogen (secondary N) is 1. The molecule has 1 aromatic heterocycles. The minimum Gasteiger partial charge on any atom is -0.377 e. The van der Waals surface area contributed by atoms with Gasteiger partial charge in [0.25, 0.3) is 0 Å². The lowest BCUT2D eigenvalue weighted by Crippen LogP contribution is -2.45. The van der Waals surface area contributed by atoms with E-state index in [0.29, 0.717) is 30.4 Å². The number of primary amides is 1. The summed E-state index contributed by atoms with van der Waals surface area (Å²) < 4.78 is 5.47. The smallest absolute Gasteiger partial charge is 0.323 e. The summed E-state index contributed by atoms with van der Waals surface area (Å²) >= 11 is 5.73. The van der Waals surface area contributed by atoms with Crippen molar-refractivity contribution in [3.63, 3.8) is 0 Å². The third-order valence-corrected chi connectivity index (χ3v) is 3.44. The molecule has 0 radical (unpaired) electrons. The van der Waals surface area contributed by atoms with E-state index in [9.17, 15) is 9.59 Å². The van der Waals surface area contributed by atoms with E-state index in [-0.39, 0.29) is 6.10 Å². The van der Waals surface area contributed by atoms with Gasteiger partial charge in [0.2, 0.25) is 5.91 Å². The Morgan fingerprint density at radius 1 is 1.57 bits per heavy atom. The number of nitrogens with two attached hydrogens (primary N) is 1. The number of pyridine rings is 1. The molecule has 1 aromatic rings. The van der Waals surface area contributed by atoms with Crippen LogP contribution in [0.1, 0.15) is 13.3 Å². The zero-order chi connectivity index (χ0) is 15.4. The lowest BCUT2D eigenvalue weighted by atomic mass is 10.2. The first-order valence-corrected chi connectivity index (χ1v) is 6.99. The van der Waals surface area contributed by atoms with Crippen molar-refractivity contribution < 1.29 is 14.3 Å². The second-order valence-corrected chi connectivity index (χ2v) is 5.11. The highest BCUT2D eigenvalue weighted by Gasteiger charge is 2.39. The molecule has 114 valence electrons. The second-order valence-electron chi connectivity index (χ2n) is 4.68. The summed E-state index contributed by atoms with van der Waals surface area (Å²) in [7, 11) is 0. The normalized spacial score (nSPS) is 21.3. The molecule has 3 amide bonds. The molecule has 0 saturated carbocycles. The van der Waals surface area contributed by atoms with Crippen LogP contribution in [0.25, 0.3) is 0 Å². The number of carbonyl (C=O) groups excluding carboxylic acids is 2. The first-order valence-electron chi connectivity index (χ1n) is 6.61. The summed E-state index contributed by atoms with van der Waals surface area (Å²) in [5.74, 6) is -0.191. The van der Waals surface area contributed by atoms with E-state index >= 15 is 0 Å². The number of nitrogens with zero attached hydrogens (tertiary/aromatic N) is 2. The second kappa shape index (κ2) is 6.73. The van der Waals surface area contributed by atoms with Crippen LogP contribution in [0, 0.1) is 0 Å². The van der Waals surface area contributed by atoms with E-state index in [2.05, 4.69) is 10.3 Å². The van der Waals surface area contributed by atoms with Crippen molar-refractivity contribution in [1.29, 1.82) is 0 Å². The molecule has 8 heteroatoms. The van der Waals surface area contributed by atoms with Crippen molar-refractivity contribution in [2.45, 2.75) is 25.5 Å². The summed E-state index contributed by atoms with van der Waals surface area (Å²) in [6.45, 7) is 2.70. The minimum absolute atomic E-state index is 0.184. The average molecular weight is 313 g/mol. The maximum Gasteiger partial charge on any atom is 0.323 e. The number of ether oxygens (including phenoxy) is 1. The number of aromatic nitrogens is 1. The number of urea groups is 1. The number of hydrogen-bond donors (Lipinski definition) is 2. The molecule has 1 fully saturated rings. The summed E-state index contributed by atoms with van der Waals surface area (Å²) in [4.78, 5) is 29.1. The molecule has 2 rings (SSSR count). The van der Waals surface area contributed by atoms with E-state index in [0.717, 1.165) is 0 Å². The standard InChI is InChI=1S/C13H17ClN4O3/c1-2-21-9-5-10(12(15)19)18(7-9)13(20)17-11-4-3-8(14)6-16-11/h3-4,6,9-10H,2,5,7H2,1H3,(H2,15,19)(H,16,17,20). The molecule has 2 unspecified atom stereocenters. The lowest BCUT2D eigenvalue weighted by molar-refractivity contribution is -0.121. The molecule has 1 aliphatic heterocycles. The largest absolute Gasteiger partial charge is 0.377 e. The molecule has 0 aromatic carbocycles. The Morgan fingerprint density at radius 3 is 2.90 bits per heavy atom. The third kappa shape index (κ3) is 3.83. The van der Waals surface area contributed by atoms with E-state index in [1.807, 2.05) is 6.92 Å². The van der Waals surface area contributed by atoms with Gasteiger partial charge in [-0.15, -0.1) is 0 Å². The first-order chi connectivity index (χ1) is 10.0. The highest BCUT2D eigenvalue weighted by atomic mass is 35.5. The Morgan fingerprint density at radius 2 is 2.33 bits per heavy atom. The maximum absolute atomic E-state index is 12.2. The number of amides is 3. The van der Waals surface area contributed by atoms with Gasteiger partial charge in [0.05, 0.1) is 11.1 Å². The van der Waals surface area contributed by atoms with Gasteiger partial charge in [-0.3, -0.25) is 10.1 Å². The van der Waals surface area contributed by atoms with Crippen LogP contribution in [0.15, 0.2) is 18.3 Å². The van der Waals surface area contributed by atoms with Gasteiger partial charge in [-0.25, -0.2) is 9.78 Å². The van der Waals surface area contributed by atoms with Gasteiger partial charge in [0.15, 0.2) is 0 Å². The summed E-state index contributed by atoms with van der Waals surface area (Å²) in [5, 5.41) is 3.09. The summed E-state index contributed by atoms with van der Waals surface area (Å²) in [5.41, 5.74) is 5.35. The molecule has 3 N–H and O–H groups in total. The van der Waals surface area contributed by atoms with Gasteiger partial charge in [0.1, 0.15) is 11.9 Å². The monoisotopic (exact) mass is 312 g/mol. The highest BCUT2D eigenvalue weighted by molar-refractivity contribution is 6.30. The van der Waals surface area contributed by atoms with Crippen LogP contribution in [-0.2, 0) is 9.53 Å². The molecule has 0 aliphatic carbocycles. The van der Waals surface area contributed by atoms with Crippen molar-refractivity contribution in [2.24, 2.45) is 5.73 Å². The van der Waals surface area contributed by atoms with Gasteiger partial charge in [-0.05, 0) is 19.1 Å². The highest BCUT2D eigenvalue weighted by Crippen LogP contribution is 2.21. The molecule has 21 heavy (non-hydrogen) atoms. The fourth-order valence-corrected chi connectivity index (χ4v) is 2.39. The van der Waals surface area contributed by atoms with Gasteiger partial charge < -0.3 is 15.4 Å². The Balaban J connectivity index is 2.05. The lowest BCUT2D eigenvalue weighted by Gasteiger charge is -2.22. The van der Waals surface area contributed by atoms with E-state index < -0.39 is 18.0 Å². The van der Waals surface area contributed by atoms with E-state index in [1.54, 1.807) is 12.1 Å². The molecule has 1 aliphatic rings. The predicted molar refractivity (Wildman–Crippen MR) is 78.0 cm³/mol. The molecule has 2 atom stereocenters. The van der Waals surface area contributed by atoms with Crippen molar-refractivity contribution in [3.8, 4) is 0 Å². The Labute approximate surface area is 127 Å². The summed E-state index contributed by atoms with van der Waals surface area (Å²) in [6, 6.07) is 2.09. The predicted octanol–water partition coefficient (Wildman–Crippen LogP) is 1.23. The van der Waals surface area contributed by atoms with Crippen molar-refractivity contribution in [3.05, 3.63) is 23.4 Å². The Kier molecular flexibility index (Phi) is 4.98. The molecule has 2 heterocycles. The fraction of sp³-hybridized carbons (Fsp3) is 0.462. The number of likely N-dealkylation sites (tertiary alicyclic amines) is 1. The minimum atomic E-state index is -0.672. The molecule has 0 spiro atoms. The number of anilines is 1. The molecular formula is C13H17ClN4O3. The number of rotatable bonds is 4. The topological polar surface area (TPSA) is 97.5 Å². The maximum atomic E-state index is 12.2. The first kappa shape index (κ1) is 15.5. The molecular weight excluding hydrogens is 296 g/mol. The van der Waals surface area contributed by atoms with Crippen molar-refractivity contribution in [2.75, 3.05) is 18.5 Å². The molecule has 7 nitrogen and oxygen atoms in total.